The van der Waals surface area contributed by atoms with Gasteiger partial charge in [-0.3, -0.25) is 14.3 Å². The van der Waals surface area contributed by atoms with Crippen molar-refractivity contribution in [2.75, 3.05) is 19.6 Å². The summed E-state index contributed by atoms with van der Waals surface area (Å²) in [7, 11) is 0. The average molecular weight is 437 g/mol. The van der Waals surface area contributed by atoms with E-state index in [0.717, 1.165) is 30.5 Å². The Kier molecular flexibility index (Phi) is 6.67. The minimum Gasteiger partial charge on any atom is -0.352 e. The highest BCUT2D eigenvalue weighted by molar-refractivity contribution is 6.30. The molecule has 1 fully saturated rings. The van der Waals surface area contributed by atoms with Crippen LogP contribution in [0.4, 0.5) is 0 Å². The first-order valence-corrected chi connectivity index (χ1v) is 10.9. The summed E-state index contributed by atoms with van der Waals surface area (Å²) in [6, 6.07) is 17.3. The molecule has 3 aromatic rings. The molecule has 1 saturated heterocycles. The third kappa shape index (κ3) is 5.33. The summed E-state index contributed by atoms with van der Waals surface area (Å²) in [5.41, 5.74) is 3.09. The Balaban J connectivity index is 1.47. The fourth-order valence-electron chi connectivity index (χ4n) is 3.77. The zero-order chi connectivity index (χ0) is 21.6. The Bertz CT molecular complexity index is 1050. The predicted molar refractivity (Wildman–Crippen MR) is 121 cm³/mol. The predicted octanol–water partition coefficient (Wildman–Crippen LogP) is 3.99. The van der Waals surface area contributed by atoms with Crippen molar-refractivity contribution in [3.05, 3.63) is 76.9 Å². The second-order valence-electron chi connectivity index (χ2n) is 7.68. The summed E-state index contributed by atoms with van der Waals surface area (Å²) in [5.74, 6) is 0.0375. The zero-order valence-electron chi connectivity index (χ0n) is 17.3. The monoisotopic (exact) mass is 436 g/mol. The van der Waals surface area contributed by atoms with E-state index in [1.165, 1.54) is 0 Å². The Hall–Kier alpha value is -3.12. The summed E-state index contributed by atoms with van der Waals surface area (Å²) < 4.78 is 1.79. The number of halogens is 1. The van der Waals surface area contributed by atoms with Crippen molar-refractivity contribution in [1.29, 1.82) is 0 Å². The summed E-state index contributed by atoms with van der Waals surface area (Å²) in [4.78, 5) is 26.5. The molecular weight excluding hydrogens is 412 g/mol. The largest absolute Gasteiger partial charge is 0.352 e. The van der Waals surface area contributed by atoms with Crippen LogP contribution in [0.3, 0.4) is 0 Å². The highest BCUT2D eigenvalue weighted by atomic mass is 35.5. The van der Waals surface area contributed by atoms with Crippen molar-refractivity contribution in [3.8, 4) is 11.3 Å². The molecule has 7 heteroatoms. The van der Waals surface area contributed by atoms with E-state index < -0.39 is 0 Å². The lowest BCUT2D eigenvalue weighted by molar-refractivity contribution is -0.127. The van der Waals surface area contributed by atoms with Crippen LogP contribution in [0.5, 0.6) is 0 Å². The van der Waals surface area contributed by atoms with E-state index in [2.05, 4.69) is 10.4 Å². The van der Waals surface area contributed by atoms with Crippen molar-refractivity contribution in [2.24, 2.45) is 0 Å². The van der Waals surface area contributed by atoms with Crippen LogP contribution in [0.1, 0.15) is 35.2 Å². The molecule has 2 heterocycles. The minimum atomic E-state index is -0.169. The van der Waals surface area contributed by atoms with Crippen LogP contribution < -0.4 is 5.32 Å². The number of nitrogens with zero attached hydrogens (tertiary/aromatic N) is 3. The van der Waals surface area contributed by atoms with Crippen LogP contribution in [0.25, 0.3) is 11.3 Å². The second-order valence-corrected chi connectivity index (χ2v) is 8.11. The first-order chi connectivity index (χ1) is 15.1. The Labute approximate surface area is 186 Å². The van der Waals surface area contributed by atoms with E-state index in [1.54, 1.807) is 23.0 Å². The second kappa shape index (κ2) is 9.79. The number of likely N-dealkylation sites (tertiary alicyclic amines) is 1. The van der Waals surface area contributed by atoms with Gasteiger partial charge in [0.1, 0.15) is 5.69 Å². The van der Waals surface area contributed by atoms with E-state index in [4.69, 9.17) is 11.6 Å². The molecule has 4 rings (SSSR count). The van der Waals surface area contributed by atoms with Gasteiger partial charge < -0.3 is 10.2 Å². The van der Waals surface area contributed by atoms with E-state index in [0.29, 0.717) is 42.3 Å². The van der Waals surface area contributed by atoms with Crippen LogP contribution in [0, 0.1) is 0 Å². The number of hydrogen-bond donors (Lipinski definition) is 1. The molecule has 0 radical (unpaired) electrons. The van der Waals surface area contributed by atoms with Gasteiger partial charge in [0.25, 0.3) is 5.91 Å². The molecule has 31 heavy (non-hydrogen) atoms. The van der Waals surface area contributed by atoms with Crippen LogP contribution in [0.2, 0.25) is 5.02 Å². The van der Waals surface area contributed by atoms with Gasteiger partial charge in [-0.2, -0.15) is 5.10 Å². The number of aromatic nitrogens is 2. The lowest BCUT2D eigenvalue weighted by atomic mass is 10.1. The summed E-state index contributed by atoms with van der Waals surface area (Å²) in [6.07, 6.45) is 4.08. The van der Waals surface area contributed by atoms with Gasteiger partial charge >= 0.3 is 0 Å². The lowest BCUT2D eigenvalue weighted by Gasteiger charge is -2.15. The maximum Gasteiger partial charge on any atom is 0.255 e. The van der Waals surface area contributed by atoms with Gasteiger partial charge in [-0.05, 0) is 30.5 Å². The third-order valence-corrected chi connectivity index (χ3v) is 5.63. The van der Waals surface area contributed by atoms with Crippen LogP contribution in [0.15, 0.2) is 60.8 Å². The molecule has 6 nitrogen and oxygen atoms in total. The molecule has 0 aliphatic carbocycles. The van der Waals surface area contributed by atoms with Gasteiger partial charge in [0.2, 0.25) is 5.91 Å². The molecule has 0 spiro atoms. The molecule has 0 saturated carbocycles. The van der Waals surface area contributed by atoms with Crippen molar-refractivity contribution in [1.82, 2.24) is 20.0 Å². The number of rotatable bonds is 8. The van der Waals surface area contributed by atoms with E-state index in [9.17, 15) is 9.59 Å². The van der Waals surface area contributed by atoms with Crippen molar-refractivity contribution >= 4 is 23.4 Å². The molecule has 1 aliphatic heterocycles. The molecule has 0 bridgehead atoms. The normalized spacial score (nSPS) is 13.6. The van der Waals surface area contributed by atoms with Crippen LogP contribution >= 0.6 is 11.6 Å². The number of carbonyl (C=O) groups is 2. The number of nitrogens with one attached hydrogen (secondary N) is 1. The van der Waals surface area contributed by atoms with Gasteiger partial charge in [0.15, 0.2) is 0 Å². The molecule has 1 aliphatic rings. The molecular formula is C24H25ClN4O2. The zero-order valence-corrected chi connectivity index (χ0v) is 18.0. The number of amides is 2. The topological polar surface area (TPSA) is 67.2 Å². The maximum atomic E-state index is 13.0. The quantitative estimate of drug-likeness (QED) is 0.543. The Morgan fingerprint density at radius 2 is 1.87 bits per heavy atom. The van der Waals surface area contributed by atoms with Gasteiger partial charge in [-0.15, -0.1) is 0 Å². The fraction of sp³-hybridized carbons (Fsp3) is 0.292. The van der Waals surface area contributed by atoms with Crippen molar-refractivity contribution < 1.29 is 9.59 Å². The smallest absolute Gasteiger partial charge is 0.255 e. The van der Waals surface area contributed by atoms with Gasteiger partial charge in [0, 0.05) is 42.8 Å². The maximum absolute atomic E-state index is 13.0. The van der Waals surface area contributed by atoms with E-state index in [-0.39, 0.29) is 11.8 Å². The lowest BCUT2D eigenvalue weighted by Crippen LogP contribution is -2.30. The van der Waals surface area contributed by atoms with Crippen LogP contribution in [-0.4, -0.2) is 46.1 Å². The SMILES string of the molecule is O=C(NCCCN1CCCC1=O)c1cn(Cc2ccccc2)nc1-c1ccc(Cl)cc1. The van der Waals surface area contributed by atoms with E-state index >= 15 is 0 Å². The summed E-state index contributed by atoms with van der Waals surface area (Å²) in [6.45, 7) is 2.58. The van der Waals surface area contributed by atoms with Crippen molar-refractivity contribution in [2.45, 2.75) is 25.8 Å². The summed E-state index contributed by atoms with van der Waals surface area (Å²) >= 11 is 6.03. The fourth-order valence-corrected chi connectivity index (χ4v) is 3.89. The highest BCUT2D eigenvalue weighted by Crippen LogP contribution is 2.24. The molecule has 2 amide bonds. The standard InChI is InChI=1S/C24H25ClN4O2/c25-20-11-9-19(10-12-20)23-21(17-29(27-23)16-18-6-2-1-3-7-18)24(31)26-13-5-15-28-14-4-8-22(28)30/h1-3,6-7,9-12,17H,4-5,8,13-16H2,(H,26,31). The molecule has 0 atom stereocenters. The highest BCUT2D eigenvalue weighted by Gasteiger charge is 2.20. The average Bonchev–Trinajstić information content (AvgIpc) is 3.38. The van der Waals surface area contributed by atoms with Gasteiger partial charge in [0.05, 0.1) is 12.1 Å². The first-order valence-electron chi connectivity index (χ1n) is 10.5. The minimum absolute atomic E-state index is 0.169. The molecule has 0 unspecified atom stereocenters. The van der Waals surface area contributed by atoms with Gasteiger partial charge in [-0.1, -0.05) is 54.1 Å². The number of hydrogen-bond acceptors (Lipinski definition) is 3. The molecule has 2 aromatic carbocycles. The van der Waals surface area contributed by atoms with Gasteiger partial charge in [-0.25, -0.2) is 0 Å². The number of benzene rings is 2. The Morgan fingerprint density at radius 3 is 2.58 bits per heavy atom. The molecule has 1 aromatic heterocycles. The Morgan fingerprint density at radius 1 is 1.10 bits per heavy atom. The molecule has 160 valence electrons. The molecule has 1 N–H and O–H groups in total. The number of carbonyl (C=O) groups excluding carboxylic acids is 2. The summed E-state index contributed by atoms with van der Waals surface area (Å²) in [5, 5.41) is 8.30. The van der Waals surface area contributed by atoms with Crippen molar-refractivity contribution in [3.63, 3.8) is 0 Å². The third-order valence-electron chi connectivity index (χ3n) is 5.37. The van der Waals surface area contributed by atoms with E-state index in [1.807, 2.05) is 47.4 Å². The first kappa shape index (κ1) is 21.1. The van der Waals surface area contributed by atoms with Crippen LogP contribution in [-0.2, 0) is 11.3 Å².